The van der Waals surface area contributed by atoms with Crippen molar-refractivity contribution in [2.45, 2.75) is 12.8 Å². The normalized spacial score (nSPS) is 9.38. The third-order valence-electron chi connectivity index (χ3n) is 2.81. The van der Waals surface area contributed by atoms with Gasteiger partial charge in [-0.05, 0) is 30.5 Å². The summed E-state index contributed by atoms with van der Waals surface area (Å²) in [6.07, 6.45) is 0.763. The Labute approximate surface area is 125 Å². The van der Waals surface area contributed by atoms with Gasteiger partial charge in [0.2, 0.25) is 0 Å². The third kappa shape index (κ3) is 8.44. The minimum Gasteiger partial charge on any atom is -0.465 e. The van der Waals surface area contributed by atoms with Gasteiger partial charge in [-0.25, -0.2) is 4.79 Å². The van der Waals surface area contributed by atoms with Crippen molar-refractivity contribution in [3.05, 3.63) is 71.8 Å². The standard InChI is InChI=1S/C9H11NO2.C8H11N/c11-9(12)10-7-6-8-4-2-1-3-5-8;9-7-6-8-4-2-1-3-5-8/h1-5,10H,6-7H2,(H,11,12);1-5H,6-7,9H2. The molecule has 0 saturated carbocycles. The van der Waals surface area contributed by atoms with Gasteiger partial charge in [-0.1, -0.05) is 60.7 Å². The van der Waals surface area contributed by atoms with Crippen molar-refractivity contribution in [3.8, 4) is 0 Å². The Bertz CT molecular complexity index is 501. The van der Waals surface area contributed by atoms with Crippen LogP contribution >= 0.6 is 0 Å². The van der Waals surface area contributed by atoms with Crippen LogP contribution in [-0.2, 0) is 12.8 Å². The zero-order valence-electron chi connectivity index (χ0n) is 12.0. The molecule has 0 atom stereocenters. The molecular weight excluding hydrogens is 264 g/mol. The monoisotopic (exact) mass is 286 g/mol. The lowest BCUT2D eigenvalue weighted by Crippen LogP contribution is -2.23. The lowest BCUT2D eigenvalue weighted by atomic mass is 10.1. The fourth-order valence-electron chi connectivity index (χ4n) is 1.77. The van der Waals surface area contributed by atoms with Gasteiger partial charge in [0.25, 0.3) is 0 Å². The molecule has 4 nitrogen and oxygen atoms in total. The molecule has 21 heavy (non-hydrogen) atoms. The Balaban J connectivity index is 0.000000219. The molecule has 0 unspecified atom stereocenters. The Morgan fingerprint density at radius 2 is 1.38 bits per heavy atom. The molecule has 0 heterocycles. The minimum atomic E-state index is -0.967. The number of amides is 1. The maximum atomic E-state index is 10.1. The average molecular weight is 286 g/mol. The molecule has 0 fully saturated rings. The summed E-state index contributed by atoms with van der Waals surface area (Å²) in [6, 6.07) is 20.0. The van der Waals surface area contributed by atoms with E-state index in [0.717, 1.165) is 24.9 Å². The van der Waals surface area contributed by atoms with E-state index in [4.69, 9.17) is 10.8 Å². The molecule has 2 aromatic carbocycles. The van der Waals surface area contributed by atoms with Crippen molar-refractivity contribution in [3.63, 3.8) is 0 Å². The predicted molar refractivity (Wildman–Crippen MR) is 85.4 cm³/mol. The SMILES string of the molecule is NCCc1ccccc1.O=C(O)NCCc1ccccc1. The Morgan fingerprint density at radius 1 is 0.905 bits per heavy atom. The summed E-state index contributed by atoms with van der Waals surface area (Å²) in [4.78, 5) is 10.1. The minimum absolute atomic E-state index is 0.472. The molecule has 1 amide bonds. The third-order valence-corrected chi connectivity index (χ3v) is 2.81. The van der Waals surface area contributed by atoms with Gasteiger partial charge >= 0.3 is 6.09 Å². The molecule has 4 N–H and O–H groups in total. The van der Waals surface area contributed by atoms with E-state index in [0.29, 0.717) is 6.54 Å². The van der Waals surface area contributed by atoms with E-state index in [2.05, 4.69) is 17.4 Å². The molecule has 2 aromatic rings. The molecule has 0 aliphatic heterocycles. The van der Waals surface area contributed by atoms with E-state index in [9.17, 15) is 4.79 Å². The van der Waals surface area contributed by atoms with Crippen LogP contribution in [0.3, 0.4) is 0 Å². The molecule has 0 aliphatic carbocycles. The highest BCUT2D eigenvalue weighted by molar-refractivity contribution is 5.64. The number of benzene rings is 2. The fourth-order valence-corrected chi connectivity index (χ4v) is 1.77. The van der Waals surface area contributed by atoms with Gasteiger partial charge in [0.1, 0.15) is 0 Å². The molecule has 2 rings (SSSR count). The average Bonchev–Trinajstić information content (AvgIpc) is 2.50. The molecule has 0 bridgehead atoms. The quantitative estimate of drug-likeness (QED) is 0.791. The van der Waals surface area contributed by atoms with Crippen LogP contribution in [0.5, 0.6) is 0 Å². The first-order valence-electron chi connectivity index (χ1n) is 6.97. The Kier molecular flexibility index (Phi) is 8.33. The van der Waals surface area contributed by atoms with E-state index >= 15 is 0 Å². The maximum Gasteiger partial charge on any atom is 0.404 e. The van der Waals surface area contributed by atoms with Gasteiger partial charge < -0.3 is 16.2 Å². The largest absolute Gasteiger partial charge is 0.465 e. The van der Waals surface area contributed by atoms with Crippen molar-refractivity contribution < 1.29 is 9.90 Å². The van der Waals surface area contributed by atoms with Crippen LogP contribution in [0, 0.1) is 0 Å². The molecule has 4 heteroatoms. The lowest BCUT2D eigenvalue weighted by molar-refractivity contribution is 0.194. The Morgan fingerprint density at radius 3 is 1.81 bits per heavy atom. The second-order valence-corrected chi connectivity index (χ2v) is 4.49. The van der Waals surface area contributed by atoms with Gasteiger partial charge in [-0.3, -0.25) is 0 Å². The first kappa shape index (κ1) is 16.7. The highest BCUT2D eigenvalue weighted by Crippen LogP contribution is 1.98. The van der Waals surface area contributed by atoms with Crippen LogP contribution in [-0.4, -0.2) is 24.3 Å². The Hall–Kier alpha value is -2.33. The van der Waals surface area contributed by atoms with Crippen molar-refractivity contribution in [1.29, 1.82) is 0 Å². The molecule has 0 aliphatic rings. The van der Waals surface area contributed by atoms with Crippen molar-refractivity contribution in [2.24, 2.45) is 5.73 Å². The molecule has 112 valence electrons. The van der Waals surface area contributed by atoms with E-state index in [1.165, 1.54) is 5.56 Å². The van der Waals surface area contributed by atoms with E-state index < -0.39 is 6.09 Å². The smallest absolute Gasteiger partial charge is 0.404 e. The number of hydrogen-bond donors (Lipinski definition) is 3. The number of rotatable bonds is 5. The second-order valence-electron chi connectivity index (χ2n) is 4.49. The highest BCUT2D eigenvalue weighted by Gasteiger charge is 1.93. The van der Waals surface area contributed by atoms with E-state index in [-0.39, 0.29) is 0 Å². The fraction of sp³-hybridized carbons (Fsp3) is 0.235. The van der Waals surface area contributed by atoms with Crippen LogP contribution in [0.1, 0.15) is 11.1 Å². The van der Waals surface area contributed by atoms with Crippen molar-refractivity contribution in [1.82, 2.24) is 5.32 Å². The van der Waals surface area contributed by atoms with Crippen molar-refractivity contribution in [2.75, 3.05) is 13.1 Å². The first-order valence-corrected chi connectivity index (χ1v) is 6.97. The van der Waals surface area contributed by atoms with Gasteiger partial charge in [0.15, 0.2) is 0 Å². The number of carboxylic acid groups (broad SMARTS) is 1. The predicted octanol–water partition coefficient (Wildman–Crippen LogP) is 2.68. The summed E-state index contributed by atoms with van der Waals surface area (Å²) in [5, 5.41) is 10.6. The molecule has 0 radical (unpaired) electrons. The molecule has 0 spiro atoms. The summed E-state index contributed by atoms with van der Waals surface area (Å²) < 4.78 is 0. The van der Waals surface area contributed by atoms with Crippen LogP contribution in [0.15, 0.2) is 60.7 Å². The summed E-state index contributed by atoms with van der Waals surface area (Å²) in [5.74, 6) is 0. The second kappa shape index (κ2) is 10.5. The van der Waals surface area contributed by atoms with Crippen LogP contribution in [0.25, 0.3) is 0 Å². The van der Waals surface area contributed by atoms with Crippen molar-refractivity contribution >= 4 is 6.09 Å². The summed E-state index contributed by atoms with van der Waals surface area (Å²) in [7, 11) is 0. The molecular formula is C17H22N2O2. The summed E-state index contributed by atoms with van der Waals surface area (Å²) in [5.41, 5.74) is 7.82. The van der Waals surface area contributed by atoms with Crippen LogP contribution < -0.4 is 11.1 Å². The maximum absolute atomic E-state index is 10.1. The van der Waals surface area contributed by atoms with E-state index in [1.807, 2.05) is 48.5 Å². The zero-order valence-corrected chi connectivity index (χ0v) is 12.0. The topological polar surface area (TPSA) is 75.4 Å². The lowest BCUT2D eigenvalue weighted by Gasteiger charge is -2.00. The van der Waals surface area contributed by atoms with Crippen LogP contribution in [0.4, 0.5) is 4.79 Å². The van der Waals surface area contributed by atoms with Crippen LogP contribution in [0.2, 0.25) is 0 Å². The number of carbonyl (C=O) groups is 1. The van der Waals surface area contributed by atoms with Gasteiger partial charge in [0, 0.05) is 6.54 Å². The summed E-state index contributed by atoms with van der Waals surface area (Å²) in [6.45, 7) is 1.21. The number of nitrogens with one attached hydrogen (secondary N) is 1. The van der Waals surface area contributed by atoms with Gasteiger partial charge in [-0.2, -0.15) is 0 Å². The van der Waals surface area contributed by atoms with Gasteiger partial charge in [-0.15, -0.1) is 0 Å². The molecule has 0 saturated heterocycles. The summed E-state index contributed by atoms with van der Waals surface area (Å²) >= 11 is 0. The number of nitrogens with two attached hydrogens (primary N) is 1. The molecule has 0 aromatic heterocycles. The first-order chi connectivity index (χ1) is 10.2. The number of hydrogen-bond acceptors (Lipinski definition) is 2. The zero-order chi connectivity index (χ0) is 15.3. The van der Waals surface area contributed by atoms with Gasteiger partial charge in [0.05, 0.1) is 0 Å². The highest BCUT2D eigenvalue weighted by atomic mass is 16.4. The van der Waals surface area contributed by atoms with E-state index in [1.54, 1.807) is 0 Å².